The molecule has 8 heteroatoms. The Bertz CT molecular complexity index is 1160. The van der Waals surface area contributed by atoms with E-state index in [1.54, 1.807) is 67.2 Å². The predicted octanol–water partition coefficient (Wildman–Crippen LogP) is 4.78. The highest BCUT2D eigenvalue weighted by atomic mass is 32.2. The van der Waals surface area contributed by atoms with Gasteiger partial charge in [0.25, 0.3) is 15.9 Å². The van der Waals surface area contributed by atoms with Gasteiger partial charge in [-0.25, -0.2) is 8.42 Å². The molecule has 0 fully saturated rings. The SMILES string of the molecule is COc1ccccc1NS(=O)(=O)c1cc(C(=O)Nc2ccc(SC)cc2)ccc1C. The number of hydrogen-bond acceptors (Lipinski definition) is 5. The quantitative estimate of drug-likeness (QED) is 0.515. The van der Waals surface area contributed by atoms with Gasteiger partial charge in [-0.15, -0.1) is 11.8 Å². The number of carbonyl (C=O) groups excluding carboxylic acids is 1. The van der Waals surface area contributed by atoms with Crippen LogP contribution in [0.4, 0.5) is 11.4 Å². The van der Waals surface area contributed by atoms with Gasteiger partial charge in [0.05, 0.1) is 17.7 Å². The zero-order valence-corrected chi connectivity index (χ0v) is 18.4. The molecule has 0 aliphatic carbocycles. The monoisotopic (exact) mass is 442 g/mol. The average Bonchev–Trinajstić information content (AvgIpc) is 2.74. The van der Waals surface area contributed by atoms with Crippen molar-refractivity contribution in [2.24, 2.45) is 0 Å². The van der Waals surface area contributed by atoms with Crippen LogP contribution in [0.25, 0.3) is 0 Å². The van der Waals surface area contributed by atoms with E-state index in [1.165, 1.54) is 13.2 Å². The molecule has 30 heavy (non-hydrogen) atoms. The van der Waals surface area contributed by atoms with Crippen LogP contribution in [0.2, 0.25) is 0 Å². The van der Waals surface area contributed by atoms with Crippen molar-refractivity contribution in [3.05, 3.63) is 77.9 Å². The Labute approximate surface area is 180 Å². The van der Waals surface area contributed by atoms with Gasteiger partial charge in [0.1, 0.15) is 5.75 Å². The third-order valence-corrected chi connectivity index (χ3v) is 6.69. The Morgan fingerprint density at radius 3 is 2.37 bits per heavy atom. The number of hydrogen-bond donors (Lipinski definition) is 2. The van der Waals surface area contributed by atoms with E-state index in [4.69, 9.17) is 4.74 Å². The second-order valence-corrected chi connectivity index (χ2v) is 9.00. The van der Waals surface area contributed by atoms with Crippen LogP contribution in [0.3, 0.4) is 0 Å². The molecule has 0 atom stereocenters. The Morgan fingerprint density at radius 2 is 1.70 bits per heavy atom. The van der Waals surface area contributed by atoms with Crippen molar-refractivity contribution in [3.8, 4) is 5.75 Å². The van der Waals surface area contributed by atoms with Crippen LogP contribution >= 0.6 is 11.8 Å². The summed E-state index contributed by atoms with van der Waals surface area (Å²) in [6, 6.07) is 18.7. The van der Waals surface area contributed by atoms with Gasteiger partial charge in [-0.1, -0.05) is 18.2 Å². The van der Waals surface area contributed by atoms with Crippen molar-refractivity contribution >= 4 is 39.1 Å². The normalized spacial score (nSPS) is 11.0. The fraction of sp³-hybridized carbons (Fsp3) is 0.136. The van der Waals surface area contributed by atoms with Crippen LogP contribution in [0.1, 0.15) is 15.9 Å². The molecule has 0 spiro atoms. The molecule has 0 saturated heterocycles. The number of sulfonamides is 1. The predicted molar refractivity (Wildman–Crippen MR) is 121 cm³/mol. The van der Waals surface area contributed by atoms with E-state index in [-0.39, 0.29) is 16.4 Å². The lowest BCUT2D eigenvalue weighted by Crippen LogP contribution is -2.17. The average molecular weight is 443 g/mol. The van der Waals surface area contributed by atoms with Gasteiger partial charge in [-0.3, -0.25) is 9.52 Å². The number of rotatable bonds is 7. The van der Waals surface area contributed by atoms with Gasteiger partial charge in [0, 0.05) is 16.1 Å². The number of ether oxygens (including phenoxy) is 1. The van der Waals surface area contributed by atoms with Crippen molar-refractivity contribution in [1.29, 1.82) is 0 Å². The maximum Gasteiger partial charge on any atom is 0.262 e. The van der Waals surface area contributed by atoms with Crippen LogP contribution < -0.4 is 14.8 Å². The van der Waals surface area contributed by atoms with E-state index < -0.39 is 10.0 Å². The van der Waals surface area contributed by atoms with E-state index in [2.05, 4.69) is 10.0 Å². The van der Waals surface area contributed by atoms with E-state index in [1.807, 2.05) is 18.4 Å². The third-order valence-electron chi connectivity index (χ3n) is 4.44. The molecule has 2 N–H and O–H groups in total. The molecule has 1 amide bonds. The summed E-state index contributed by atoms with van der Waals surface area (Å²) in [6.45, 7) is 1.68. The maximum absolute atomic E-state index is 13.0. The van der Waals surface area contributed by atoms with Gasteiger partial charge in [-0.2, -0.15) is 0 Å². The molecule has 6 nitrogen and oxygen atoms in total. The van der Waals surface area contributed by atoms with E-state index in [0.29, 0.717) is 22.7 Å². The lowest BCUT2D eigenvalue weighted by Gasteiger charge is -2.14. The zero-order valence-electron chi connectivity index (χ0n) is 16.8. The van der Waals surface area contributed by atoms with Crippen molar-refractivity contribution in [3.63, 3.8) is 0 Å². The molecule has 0 saturated carbocycles. The van der Waals surface area contributed by atoms with Gasteiger partial charge in [0.2, 0.25) is 0 Å². The Kier molecular flexibility index (Phi) is 6.69. The minimum Gasteiger partial charge on any atom is -0.495 e. The van der Waals surface area contributed by atoms with Gasteiger partial charge in [0.15, 0.2) is 0 Å². The molecule has 3 aromatic carbocycles. The number of thioether (sulfide) groups is 1. The first-order valence-corrected chi connectivity index (χ1v) is 11.8. The summed E-state index contributed by atoms with van der Waals surface area (Å²) in [4.78, 5) is 13.8. The third kappa shape index (κ3) is 4.95. The summed E-state index contributed by atoms with van der Waals surface area (Å²) in [6.07, 6.45) is 1.97. The van der Waals surface area contributed by atoms with Crippen molar-refractivity contribution in [2.45, 2.75) is 16.7 Å². The molecule has 0 aliphatic heterocycles. The van der Waals surface area contributed by atoms with Gasteiger partial charge < -0.3 is 10.1 Å². The van der Waals surface area contributed by atoms with Crippen molar-refractivity contribution in [1.82, 2.24) is 0 Å². The molecular formula is C22H22N2O4S2. The van der Waals surface area contributed by atoms with Crippen LogP contribution in [0.5, 0.6) is 5.75 Å². The minimum absolute atomic E-state index is 0.0267. The molecule has 0 aromatic heterocycles. The van der Waals surface area contributed by atoms with Crippen LogP contribution in [0, 0.1) is 6.92 Å². The van der Waals surface area contributed by atoms with Crippen LogP contribution in [0.15, 0.2) is 76.5 Å². The molecular weight excluding hydrogens is 420 g/mol. The lowest BCUT2D eigenvalue weighted by atomic mass is 10.1. The number of para-hydroxylation sites is 2. The first-order chi connectivity index (χ1) is 14.3. The van der Waals surface area contributed by atoms with E-state index >= 15 is 0 Å². The number of methoxy groups -OCH3 is 1. The number of benzene rings is 3. The highest BCUT2D eigenvalue weighted by Crippen LogP contribution is 2.28. The fourth-order valence-electron chi connectivity index (χ4n) is 2.84. The molecule has 0 bridgehead atoms. The smallest absolute Gasteiger partial charge is 0.262 e. The number of amides is 1. The topological polar surface area (TPSA) is 84.5 Å². The standard InChI is InChI=1S/C22H22N2O4S2/c1-15-8-9-16(22(25)23-17-10-12-18(29-3)13-11-17)14-21(15)30(26,27)24-19-6-4-5-7-20(19)28-2/h4-14,24H,1-3H3,(H,23,25). The number of aryl methyl sites for hydroxylation is 1. The zero-order chi connectivity index (χ0) is 21.7. The lowest BCUT2D eigenvalue weighted by molar-refractivity contribution is 0.102. The Hall–Kier alpha value is -2.97. The summed E-state index contributed by atoms with van der Waals surface area (Å²) >= 11 is 1.61. The Morgan fingerprint density at radius 1 is 1.00 bits per heavy atom. The first-order valence-electron chi connectivity index (χ1n) is 9.06. The van der Waals surface area contributed by atoms with Crippen molar-refractivity contribution in [2.75, 3.05) is 23.4 Å². The second kappa shape index (κ2) is 9.23. The van der Waals surface area contributed by atoms with Crippen molar-refractivity contribution < 1.29 is 17.9 Å². The molecule has 3 rings (SSSR count). The fourth-order valence-corrected chi connectivity index (χ4v) is 4.59. The van der Waals surface area contributed by atoms with Gasteiger partial charge >= 0.3 is 0 Å². The number of anilines is 2. The van der Waals surface area contributed by atoms with Crippen LogP contribution in [-0.4, -0.2) is 27.7 Å². The molecule has 156 valence electrons. The Balaban J connectivity index is 1.87. The van der Waals surface area contributed by atoms with Crippen LogP contribution in [-0.2, 0) is 10.0 Å². The van der Waals surface area contributed by atoms with Gasteiger partial charge in [-0.05, 0) is 67.3 Å². The highest BCUT2D eigenvalue weighted by Gasteiger charge is 2.21. The number of nitrogens with one attached hydrogen (secondary N) is 2. The highest BCUT2D eigenvalue weighted by molar-refractivity contribution is 7.98. The summed E-state index contributed by atoms with van der Waals surface area (Å²) in [5.41, 5.74) is 1.73. The largest absolute Gasteiger partial charge is 0.495 e. The molecule has 0 unspecified atom stereocenters. The summed E-state index contributed by atoms with van der Waals surface area (Å²) < 4.78 is 33.7. The summed E-state index contributed by atoms with van der Waals surface area (Å²) in [7, 11) is -2.46. The molecule has 3 aromatic rings. The maximum atomic E-state index is 13.0. The molecule has 0 radical (unpaired) electrons. The first kappa shape index (κ1) is 21.7. The van der Waals surface area contributed by atoms with E-state index in [0.717, 1.165) is 4.90 Å². The minimum atomic E-state index is -3.93. The number of carbonyl (C=O) groups is 1. The summed E-state index contributed by atoms with van der Waals surface area (Å²) in [5.74, 6) is 0.0157. The second-order valence-electron chi connectivity index (χ2n) is 6.47. The molecule has 0 aliphatic rings. The van der Waals surface area contributed by atoms with E-state index in [9.17, 15) is 13.2 Å². The summed E-state index contributed by atoms with van der Waals surface area (Å²) in [5, 5.41) is 2.79. The molecule has 0 heterocycles.